The van der Waals surface area contributed by atoms with Gasteiger partial charge in [0.15, 0.2) is 14.6 Å². The molecule has 0 aliphatic heterocycles. The highest BCUT2D eigenvalue weighted by atomic mass is 32.2. The van der Waals surface area contributed by atoms with E-state index in [4.69, 9.17) is 0 Å². The lowest BCUT2D eigenvalue weighted by atomic mass is 10.0. The van der Waals surface area contributed by atoms with Crippen LogP contribution in [-0.4, -0.2) is 18.4 Å². The molecule has 0 amide bonds. The molecule has 1 atom stereocenters. The Labute approximate surface area is 103 Å². The molecule has 0 bridgehead atoms. The number of benzene rings is 1. The van der Waals surface area contributed by atoms with Gasteiger partial charge in [0.1, 0.15) is 0 Å². The van der Waals surface area contributed by atoms with Gasteiger partial charge < -0.3 is 0 Å². The van der Waals surface area contributed by atoms with Crippen molar-refractivity contribution >= 4 is 9.84 Å². The molecular weight excluding hydrogens is 234 g/mol. The third kappa shape index (κ3) is 2.67. The van der Waals surface area contributed by atoms with Gasteiger partial charge in [0.25, 0.3) is 0 Å². The minimum absolute atomic E-state index is 0.227. The molecule has 0 saturated heterocycles. The summed E-state index contributed by atoms with van der Waals surface area (Å²) in [6.45, 7) is 4.71. The van der Waals surface area contributed by atoms with Crippen LogP contribution in [0.5, 0.6) is 0 Å². The van der Waals surface area contributed by atoms with Crippen molar-refractivity contribution in [2.24, 2.45) is 0 Å². The zero-order valence-corrected chi connectivity index (χ0v) is 11.2. The summed E-state index contributed by atoms with van der Waals surface area (Å²) >= 11 is 0. The first-order chi connectivity index (χ1) is 7.83. The molecule has 1 rings (SSSR count). The Morgan fingerprint density at radius 3 is 2.24 bits per heavy atom. The average molecular weight is 251 g/mol. The highest BCUT2D eigenvalue weighted by molar-refractivity contribution is 7.93. The summed E-state index contributed by atoms with van der Waals surface area (Å²) in [7, 11) is -3.45. The van der Waals surface area contributed by atoms with E-state index >= 15 is 0 Å². The van der Waals surface area contributed by atoms with Crippen molar-refractivity contribution in [3.63, 3.8) is 0 Å². The summed E-state index contributed by atoms with van der Waals surface area (Å²) in [6.07, 6.45) is 0.227. The Kier molecular flexibility index (Phi) is 3.94. The van der Waals surface area contributed by atoms with Gasteiger partial charge in [0.05, 0.1) is 11.3 Å². The standard InChI is InChI=1S/C13H17NO2S/c1-11(2)17(15,16)13(3,10-14)9-12-7-5-4-6-8-12/h4-8,11H,9H2,1-3H3. The fraction of sp³-hybridized carbons (Fsp3) is 0.462. The van der Waals surface area contributed by atoms with E-state index in [1.165, 1.54) is 6.92 Å². The molecule has 0 aliphatic rings. The molecule has 17 heavy (non-hydrogen) atoms. The first-order valence-corrected chi connectivity index (χ1v) is 7.07. The van der Waals surface area contributed by atoms with Crippen LogP contribution in [0.4, 0.5) is 0 Å². The largest absolute Gasteiger partial charge is 0.227 e. The molecule has 0 heterocycles. The first kappa shape index (κ1) is 13.7. The molecule has 0 spiro atoms. The predicted octanol–water partition coefficient (Wildman–Crippen LogP) is 2.33. The van der Waals surface area contributed by atoms with Crippen molar-refractivity contribution < 1.29 is 8.42 Å². The van der Waals surface area contributed by atoms with E-state index in [1.54, 1.807) is 13.8 Å². The Balaban J connectivity index is 3.13. The number of sulfone groups is 1. The molecule has 1 aromatic rings. The second-order valence-corrected chi connectivity index (χ2v) is 7.53. The SMILES string of the molecule is CC(C)S(=O)(=O)C(C)(C#N)Cc1ccccc1. The van der Waals surface area contributed by atoms with Crippen molar-refractivity contribution in [1.29, 1.82) is 5.26 Å². The van der Waals surface area contributed by atoms with Gasteiger partial charge in [-0.05, 0) is 26.3 Å². The van der Waals surface area contributed by atoms with Gasteiger partial charge >= 0.3 is 0 Å². The van der Waals surface area contributed by atoms with E-state index in [0.29, 0.717) is 0 Å². The van der Waals surface area contributed by atoms with E-state index in [9.17, 15) is 13.7 Å². The van der Waals surface area contributed by atoms with Gasteiger partial charge in [0, 0.05) is 6.42 Å². The smallest absolute Gasteiger partial charge is 0.171 e. The Bertz CT molecular complexity index is 514. The van der Waals surface area contributed by atoms with E-state index < -0.39 is 19.8 Å². The monoisotopic (exact) mass is 251 g/mol. The van der Waals surface area contributed by atoms with Crippen LogP contribution in [0.2, 0.25) is 0 Å². The Morgan fingerprint density at radius 2 is 1.82 bits per heavy atom. The lowest BCUT2D eigenvalue weighted by Gasteiger charge is -2.24. The van der Waals surface area contributed by atoms with Crippen LogP contribution < -0.4 is 0 Å². The van der Waals surface area contributed by atoms with Crippen molar-refractivity contribution in [3.8, 4) is 6.07 Å². The molecule has 0 N–H and O–H groups in total. The van der Waals surface area contributed by atoms with Crippen molar-refractivity contribution in [2.75, 3.05) is 0 Å². The fourth-order valence-electron chi connectivity index (χ4n) is 1.71. The summed E-state index contributed by atoms with van der Waals surface area (Å²) in [4.78, 5) is 0. The topological polar surface area (TPSA) is 57.9 Å². The van der Waals surface area contributed by atoms with Gasteiger partial charge in [-0.3, -0.25) is 0 Å². The van der Waals surface area contributed by atoms with Crippen LogP contribution in [0.3, 0.4) is 0 Å². The van der Waals surface area contributed by atoms with Gasteiger partial charge in [-0.1, -0.05) is 30.3 Å². The lowest BCUT2D eigenvalue weighted by Crippen LogP contribution is -2.40. The molecule has 4 heteroatoms. The van der Waals surface area contributed by atoms with Crippen molar-refractivity contribution in [1.82, 2.24) is 0 Å². The third-order valence-corrected chi connectivity index (χ3v) is 5.60. The van der Waals surface area contributed by atoms with Crippen LogP contribution in [0.25, 0.3) is 0 Å². The number of nitriles is 1. The highest BCUT2D eigenvalue weighted by Crippen LogP contribution is 2.25. The van der Waals surface area contributed by atoms with Crippen molar-refractivity contribution in [3.05, 3.63) is 35.9 Å². The molecule has 0 aliphatic carbocycles. The van der Waals surface area contributed by atoms with E-state index in [-0.39, 0.29) is 6.42 Å². The highest BCUT2D eigenvalue weighted by Gasteiger charge is 2.41. The summed E-state index contributed by atoms with van der Waals surface area (Å²) in [5, 5.41) is 8.66. The normalized spacial score (nSPS) is 15.2. The molecule has 0 saturated carbocycles. The van der Waals surface area contributed by atoms with Crippen LogP contribution in [0, 0.1) is 11.3 Å². The maximum absolute atomic E-state index is 12.2. The minimum Gasteiger partial charge on any atom is -0.227 e. The number of hydrogen-bond donors (Lipinski definition) is 0. The number of nitrogens with zero attached hydrogens (tertiary/aromatic N) is 1. The van der Waals surface area contributed by atoms with Crippen LogP contribution in [0.15, 0.2) is 30.3 Å². The Morgan fingerprint density at radius 1 is 1.29 bits per heavy atom. The lowest BCUT2D eigenvalue weighted by molar-refractivity contribution is 0.555. The van der Waals surface area contributed by atoms with Crippen LogP contribution >= 0.6 is 0 Å². The second kappa shape index (κ2) is 4.89. The predicted molar refractivity (Wildman–Crippen MR) is 68.2 cm³/mol. The average Bonchev–Trinajstić information content (AvgIpc) is 2.29. The Hall–Kier alpha value is -1.34. The van der Waals surface area contributed by atoms with Gasteiger partial charge in [-0.15, -0.1) is 0 Å². The zero-order valence-electron chi connectivity index (χ0n) is 10.3. The molecule has 3 nitrogen and oxygen atoms in total. The summed E-state index contributed by atoms with van der Waals surface area (Å²) < 4.78 is 23.0. The fourth-order valence-corrected chi connectivity index (χ4v) is 3.24. The van der Waals surface area contributed by atoms with E-state index in [1.807, 2.05) is 36.4 Å². The van der Waals surface area contributed by atoms with Gasteiger partial charge in [-0.2, -0.15) is 5.26 Å². The first-order valence-electron chi connectivity index (χ1n) is 5.52. The summed E-state index contributed by atoms with van der Waals surface area (Å²) in [6, 6.07) is 11.2. The van der Waals surface area contributed by atoms with Crippen LogP contribution in [-0.2, 0) is 16.3 Å². The molecule has 0 radical (unpaired) electrons. The molecule has 0 aromatic heterocycles. The summed E-state index contributed by atoms with van der Waals surface area (Å²) in [5.41, 5.74) is 0.862. The quantitative estimate of drug-likeness (QED) is 0.825. The molecule has 1 unspecified atom stereocenters. The third-order valence-electron chi connectivity index (χ3n) is 2.87. The van der Waals surface area contributed by atoms with Crippen molar-refractivity contribution in [2.45, 2.75) is 37.2 Å². The summed E-state index contributed by atoms with van der Waals surface area (Å²) in [5.74, 6) is 0. The second-order valence-electron chi connectivity index (χ2n) is 4.60. The van der Waals surface area contributed by atoms with Gasteiger partial charge in [0.2, 0.25) is 0 Å². The number of hydrogen-bond acceptors (Lipinski definition) is 3. The molecular formula is C13H17NO2S. The number of rotatable bonds is 4. The maximum atomic E-state index is 12.2. The maximum Gasteiger partial charge on any atom is 0.171 e. The molecule has 92 valence electrons. The van der Waals surface area contributed by atoms with E-state index in [0.717, 1.165) is 5.56 Å². The van der Waals surface area contributed by atoms with E-state index in [2.05, 4.69) is 0 Å². The minimum atomic E-state index is -3.45. The molecule has 1 aromatic carbocycles. The van der Waals surface area contributed by atoms with Crippen LogP contribution in [0.1, 0.15) is 26.3 Å². The zero-order chi connectivity index (χ0) is 13.1. The van der Waals surface area contributed by atoms with Gasteiger partial charge in [-0.25, -0.2) is 8.42 Å². The molecule has 0 fully saturated rings.